The summed E-state index contributed by atoms with van der Waals surface area (Å²) in [5.41, 5.74) is -0.00835. The normalized spacial score (nSPS) is 10.8. The van der Waals surface area contributed by atoms with E-state index < -0.39 is 10.9 Å². The Balaban J connectivity index is 2.34. The summed E-state index contributed by atoms with van der Waals surface area (Å²) in [7, 11) is 0. The van der Waals surface area contributed by atoms with E-state index in [1.165, 1.54) is 18.3 Å². The zero-order chi connectivity index (χ0) is 17.5. The standard InChI is InChI=1S/C13H11N7O4/c1-2-24-13(21)8-3-10(5-11(4-8)20(22)23)15-7-9(6-14)12-16-18-19-17-12/h3-5,7,15H,2H2,1H3,(H,16,17,18,19). The average Bonchev–Trinajstić information content (AvgIpc) is 3.09. The molecule has 0 amide bonds. The lowest BCUT2D eigenvalue weighted by atomic mass is 10.1. The van der Waals surface area contributed by atoms with E-state index >= 15 is 0 Å². The van der Waals surface area contributed by atoms with Gasteiger partial charge in [-0.3, -0.25) is 10.1 Å². The van der Waals surface area contributed by atoms with Gasteiger partial charge >= 0.3 is 5.97 Å². The fourth-order valence-corrected chi connectivity index (χ4v) is 1.71. The second-order valence-electron chi connectivity index (χ2n) is 4.30. The molecule has 0 atom stereocenters. The van der Waals surface area contributed by atoms with Crippen LogP contribution in [0.2, 0.25) is 0 Å². The Morgan fingerprint density at radius 1 is 1.54 bits per heavy atom. The number of tetrazole rings is 1. The molecule has 11 heteroatoms. The molecule has 24 heavy (non-hydrogen) atoms. The lowest BCUT2D eigenvalue weighted by Gasteiger charge is -2.06. The van der Waals surface area contributed by atoms with Crippen LogP contribution in [-0.4, -0.2) is 38.1 Å². The fourth-order valence-electron chi connectivity index (χ4n) is 1.71. The van der Waals surface area contributed by atoms with Crippen molar-refractivity contribution in [3.63, 3.8) is 0 Å². The monoisotopic (exact) mass is 329 g/mol. The summed E-state index contributed by atoms with van der Waals surface area (Å²) in [5.74, 6) is -0.632. The van der Waals surface area contributed by atoms with Gasteiger partial charge in [0.15, 0.2) is 0 Å². The van der Waals surface area contributed by atoms with Crippen molar-refractivity contribution in [2.24, 2.45) is 0 Å². The Labute approximate surface area is 135 Å². The van der Waals surface area contributed by atoms with Crippen LogP contribution < -0.4 is 5.32 Å². The first kappa shape index (κ1) is 16.6. The highest BCUT2D eigenvalue weighted by Crippen LogP contribution is 2.22. The van der Waals surface area contributed by atoms with E-state index in [4.69, 9.17) is 10.00 Å². The van der Waals surface area contributed by atoms with Crippen molar-refractivity contribution in [3.8, 4) is 6.07 Å². The lowest BCUT2D eigenvalue weighted by Crippen LogP contribution is -2.06. The average molecular weight is 329 g/mol. The number of carbonyl (C=O) groups excluding carboxylic acids is 1. The second-order valence-corrected chi connectivity index (χ2v) is 4.30. The van der Waals surface area contributed by atoms with E-state index in [1.54, 1.807) is 6.92 Å². The molecule has 0 saturated heterocycles. The molecular weight excluding hydrogens is 318 g/mol. The number of nitro benzene ring substituents is 1. The highest BCUT2D eigenvalue weighted by Gasteiger charge is 2.15. The first-order chi connectivity index (χ1) is 11.5. The van der Waals surface area contributed by atoms with Crippen molar-refractivity contribution in [2.75, 3.05) is 11.9 Å². The number of hydrogen-bond acceptors (Lipinski definition) is 9. The topological polar surface area (TPSA) is 160 Å². The van der Waals surface area contributed by atoms with Crippen molar-refractivity contribution in [1.82, 2.24) is 20.6 Å². The number of ether oxygens (including phenoxy) is 1. The third-order valence-electron chi connectivity index (χ3n) is 2.73. The lowest BCUT2D eigenvalue weighted by molar-refractivity contribution is -0.384. The van der Waals surface area contributed by atoms with Crippen LogP contribution in [0.15, 0.2) is 24.4 Å². The summed E-state index contributed by atoms with van der Waals surface area (Å²) in [6.45, 7) is 1.77. The predicted molar refractivity (Wildman–Crippen MR) is 80.4 cm³/mol. The van der Waals surface area contributed by atoms with Crippen LogP contribution in [0.3, 0.4) is 0 Å². The maximum Gasteiger partial charge on any atom is 0.338 e. The number of anilines is 1. The molecular formula is C13H11N7O4. The number of H-pyrrole nitrogens is 1. The molecule has 2 aromatic rings. The predicted octanol–water partition coefficient (Wildman–Crippen LogP) is 1.26. The number of allylic oxidation sites excluding steroid dienone is 1. The molecule has 0 aliphatic rings. The van der Waals surface area contributed by atoms with E-state index in [2.05, 4.69) is 25.9 Å². The summed E-state index contributed by atoms with van der Waals surface area (Å²) < 4.78 is 4.83. The Bertz CT molecular complexity index is 823. The maximum atomic E-state index is 11.8. The second kappa shape index (κ2) is 7.45. The summed E-state index contributed by atoms with van der Waals surface area (Å²) in [4.78, 5) is 22.1. The van der Waals surface area contributed by atoms with Gasteiger partial charge in [-0.05, 0) is 18.2 Å². The Hall–Kier alpha value is -3.81. The van der Waals surface area contributed by atoms with E-state index in [9.17, 15) is 14.9 Å². The number of non-ortho nitro benzene ring substituents is 1. The summed E-state index contributed by atoms with van der Waals surface area (Å²) in [6, 6.07) is 5.55. The van der Waals surface area contributed by atoms with Gasteiger partial charge in [-0.1, -0.05) is 0 Å². The number of benzene rings is 1. The Morgan fingerprint density at radius 2 is 2.33 bits per heavy atom. The molecule has 0 aliphatic carbocycles. The maximum absolute atomic E-state index is 11.8. The number of rotatable bonds is 6. The van der Waals surface area contributed by atoms with E-state index in [0.717, 1.165) is 6.07 Å². The van der Waals surface area contributed by atoms with Gasteiger partial charge in [0, 0.05) is 24.0 Å². The fraction of sp³-hybridized carbons (Fsp3) is 0.154. The van der Waals surface area contributed by atoms with Crippen LogP contribution in [0, 0.1) is 21.4 Å². The number of aromatic nitrogens is 4. The quantitative estimate of drug-likeness (QED) is 0.344. The Kier molecular flexibility index (Phi) is 5.14. The molecule has 1 heterocycles. The number of nitro groups is 1. The van der Waals surface area contributed by atoms with E-state index in [-0.39, 0.29) is 34.9 Å². The number of carbonyl (C=O) groups is 1. The molecule has 11 nitrogen and oxygen atoms in total. The molecule has 2 rings (SSSR count). The van der Waals surface area contributed by atoms with E-state index in [1.807, 2.05) is 6.07 Å². The number of nitrogens with one attached hydrogen (secondary N) is 2. The molecule has 0 saturated carbocycles. The van der Waals surface area contributed by atoms with Gasteiger partial charge in [0.2, 0.25) is 5.82 Å². The molecule has 0 unspecified atom stereocenters. The highest BCUT2D eigenvalue weighted by molar-refractivity contribution is 5.91. The van der Waals surface area contributed by atoms with Crippen molar-refractivity contribution in [3.05, 3.63) is 45.9 Å². The number of aromatic amines is 1. The summed E-state index contributed by atoms with van der Waals surface area (Å²) in [5, 5.41) is 35.6. The zero-order valence-corrected chi connectivity index (χ0v) is 12.4. The molecule has 2 N–H and O–H groups in total. The van der Waals surface area contributed by atoms with Crippen molar-refractivity contribution < 1.29 is 14.5 Å². The molecule has 0 radical (unpaired) electrons. The Morgan fingerprint density at radius 3 is 2.92 bits per heavy atom. The van der Waals surface area contributed by atoms with Crippen molar-refractivity contribution in [1.29, 1.82) is 5.26 Å². The van der Waals surface area contributed by atoms with Gasteiger partial charge < -0.3 is 10.1 Å². The van der Waals surface area contributed by atoms with E-state index in [0.29, 0.717) is 0 Å². The summed E-state index contributed by atoms with van der Waals surface area (Å²) in [6.07, 6.45) is 1.25. The third-order valence-corrected chi connectivity index (χ3v) is 2.73. The number of nitriles is 1. The molecule has 0 aliphatic heterocycles. The van der Waals surface area contributed by atoms with Crippen LogP contribution in [0.25, 0.3) is 5.57 Å². The van der Waals surface area contributed by atoms with Crippen molar-refractivity contribution in [2.45, 2.75) is 6.92 Å². The van der Waals surface area contributed by atoms with Gasteiger partial charge in [0.1, 0.15) is 11.6 Å². The molecule has 0 spiro atoms. The van der Waals surface area contributed by atoms with Crippen molar-refractivity contribution >= 4 is 22.9 Å². The largest absolute Gasteiger partial charge is 0.462 e. The minimum absolute atomic E-state index is 0.0139. The van der Waals surface area contributed by atoms with Crippen LogP contribution in [0.5, 0.6) is 0 Å². The van der Waals surface area contributed by atoms with Gasteiger partial charge in [0.05, 0.1) is 17.1 Å². The molecule has 0 fully saturated rings. The summed E-state index contributed by atoms with van der Waals surface area (Å²) >= 11 is 0. The SMILES string of the molecule is CCOC(=O)c1cc(NC=C(C#N)c2nn[nH]n2)cc([N+](=O)[O-])c1. The molecule has 1 aromatic heterocycles. The van der Waals surface area contributed by atoms with Gasteiger partial charge in [-0.2, -0.15) is 10.5 Å². The minimum atomic E-state index is -0.688. The van der Waals surface area contributed by atoms with Crippen LogP contribution >= 0.6 is 0 Å². The molecule has 122 valence electrons. The number of nitrogens with zero attached hydrogens (tertiary/aromatic N) is 5. The van der Waals surface area contributed by atoms with Gasteiger partial charge in [0.25, 0.3) is 5.69 Å². The highest BCUT2D eigenvalue weighted by atomic mass is 16.6. The van der Waals surface area contributed by atoms with Gasteiger partial charge in [-0.15, -0.1) is 10.2 Å². The molecule has 1 aromatic carbocycles. The first-order valence-electron chi connectivity index (χ1n) is 6.62. The smallest absolute Gasteiger partial charge is 0.338 e. The molecule has 0 bridgehead atoms. The third kappa shape index (κ3) is 3.89. The van der Waals surface area contributed by atoms with Crippen LogP contribution in [0.4, 0.5) is 11.4 Å². The van der Waals surface area contributed by atoms with Crippen LogP contribution in [-0.2, 0) is 4.74 Å². The first-order valence-corrected chi connectivity index (χ1v) is 6.62. The zero-order valence-electron chi connectivity index (χ0n) is 12.4. The number of esters is 1. The number of hydrogen-bond donors (Lipinski definition) is 2. The van der Waals surface area contributed by atoms with Gasteiger partial charge in [-0.25, -0.2) is 4.79 Å². The minimum Gasteiger partial charge on any atom is -0.462 e. The van der Waals surface area contributed by atoms with Crippen LogP contribution in [0.1, 0.15) is 23.1 Å².